The number of carbonyl (C=O) groups excluding carboxylic acids is 3. The lowest BCUT2D eigenvalue weighted by atomic mass is 9.92. The van der Waals surface area contributed by atoms with Crippen LogP contribution < -0.4 is 0 Å². The summed E-state index contributed by atoms with van der Waals surface area (Å²) in [4.78, 5) is 39.1. The molecule has 3 aromatic rings. The largest absolute Gasteiger partial charge is 0.504 e. The fourth-order valence-corrected chi connectivity index (χ4v) is 4.78. The highest BCUT2D eigenvalue weighted by molar-refractivity contribution is 6.08. The van der Waals surface area contributed by atoms with Gasteiger partial charge >= 0.3 is 17.9 Å². The maximum atomic E-state index is 13.4. The van der Waals surface area contributed by atoms with Crippen LogP contribution in [0.15, 0.2) is 36.4 Å². The zero-order chi connectivity index (χ0) is 33.6. The predicted molar refractivity (Wildman–Crippen MR) is 147 cm³/mol. The van der Waals surface area contributed by atoms with Crippen molar-refractivity contribution in [2.75, 3.05) is 6.61 Å². The number of aromatic hydroxyl groups is 8. The van der Waals surface area contributed by atoms with E-state index >= 15 is 0 Å². The summed E-state index contributed by atoms with van der Waals surface area (Å²) >= 11 is 0. The van der Waals surface area contributed by atoms with Crippen LogP contribution in [-0.4, -0.2) is 106 Å². The SMILES string of the molecule is O=C(/C=C/c1ccc(O)c(O)c1)OC1O[C@@H]2COC(=O)c3cc(O)c(O)c(O)c3-c3c(cc(O)c(O)c3O)C(=O)O[C@H]2[C@H](O)[C@H]1O. The maximum Gasteiger partial charge on any atom is 0.339 e. The molecule has 5 atom stereocenters. The number of carbonyl (C=O) groups is 3. The van der Waals surface area contributed by atoms with Crippen LogP contribution in [0.2, 0.25) is 0 Å². The van der Waals surface area contributed by atoms with Gasteiger partial charge in [0, 0.05) is 17.2 Å². The van der Waals surface area contributed by atoms with Crippen molar-refractivity contribution < 1.29 is 84.4 Å². The number of hydrogen-bond donors (Lipinski definition) is 10. The Morgan fingerprint density at radius 2 is 1.33 bits per heavy atom. The summed E-state index contributed by atoms with van der Waals surface area (Å²) in [6.07, 6.45) is -7.65. The summed E-state index contributed by atoms with van der Waals surface area (Å²) in [6.45, 7) is -0.891. The fourth-order valence-electron chi connectivity index (χ4n) is 4.78. The Labute approximate surface area is 256 Å². The number of fused-ring (bicyclic) bond motifs is 4. The molecule has 1 fully saturated rings. The first-order valence-corrected chi connectivity index (χ1v) is 13.1. The molecule has 1 saturated heterocycles. The number of phenolic OH excluding ortho intramolecular Hbond substituents is 8. The average Bonchev–Trinajstić information content (AvgIpc) is 3.03. The van der Waals surface area contributed by atoms with E-state index in [1.165, 1.54) is 12.1 Å². The maximum absolute atomic E-state index is 13.4. The van der Waals surface area contributed by atoms with Crippen molar-refractivity contribution in [3.63, 3.8) is 0 Å². The number of phenols is 8. The number of hydrogen-bond acceptors (Lipinski definition) is 17. The minimum absolute atomic E-state index is 0.260. The van der Waals surface area contributed by atoms with Gasteiger partial charge in [0.2, 0.25) is 17.8 Å². The van der Waals surface area contributed by atoms with E-state index in [1.54, 1.807) is 0 Å². The van der Waals surface area contributed by atoms with Crippen molar-refractivity contribution in [1.29, 1.82) is 0 Å². The minimum Gasteiger partial charge on any atom is -0.504 e. The molecule has 0 aromatic heterocycles. The van der Waals surface area contributed by atoms with Gasteiger partial charge in [-0.25, -0.2) is 14.4 Å². The van der Waals surface area contributed by atoms with Crippen LogP contribution in [0, 0.1) is 0 Å². The van der Waals surface area contributed by atoms with Crippen LogP contribution in [0.1, 0.15) is 26.3 Å². The van der Waals surface area contributed by atoms with Crippen molar-refractivity contribution >= 4 is 24.0 Å². The standard InChI is InChI=1S/C29H24O17/c30-12-3-1-9(5-13(12)31)2-4-17(34)45-29-25(40)24(39)26-16(44-29)8-43-27(41)10-6-14(32)20(35)22(37)18(10)19-11(28(42)46-26)7-15(33)21(36)23(19)38/h1-7,16,24-26,29-33,35-40H,8H2/b4-2+/t16-,24-,25-,26-,29?/m1/s1. The summed E-state index contributed by atoms with van der Waals surface area (Å²) in [6, 6.07) is 4.80. The van der Waals surface area contributed by atoms with Crippen molar-refractivity contribution in [3.8, 4) is 57.1 Å². The van der Waals surface area contributed by atoms with Gasteiger partial charge in [-0.15, -0.1) is 0 Å². The number of benzene rings is 3. The zero-order valence-corrected chi connectivity index (χ0v) is 23.0. The van der Waals surface area contributed by atoms with Gasteiger partial charge < -0.3 is 70.0 Å². The van der Waals surface area contributed by atoms with Gasteiger partial charge in [-0.3, -0.25) is 0 Å². The molecule has 0 aliphatic carbocycles. The van der Waals surface area contributed by atoms with E-state index in [9.17, 15) is 65.4 Å². The Morgan fingerprint density at radius 1 is 0.739 bits per heavy atom. The Morgan fingerprint density at radius 3 is 1.91 bits per heavy atom. The highest BCUT2D eigenvalue weighted by Gasteiger charge is 2.49. The van der Waals surface area contributed by atoms with Crippen LogP contribution in [0.4, 0.5) is 0 Å². The quantitative estimate of drug-likeness (QED) is 0.0798. The lowest BCUT2D eigenvalue weighted by Gasteiger charge is -2.41. The van der Waals surface area contributed by atoms with Gasteiger partial charge in [-0.2, -0.15) is 0 Å². The van der Waals surface area contributed by atoms with E-state index in [0.29, 0.717) is 12.1 Å². The molecule has 2 aliphatic rings. The Bertz CT molecular complexity index is 1780. The van der Waals surface area contributed by atoms with Gasteiger partial charge in [0.25, 0.3) is 0 Å². The molecule has 17 heteroatoms. The molecule has 10 N–H and O–H groups in total. The van der Waals surface area contributed by atoms with Gasteiger partial charge in [0.05, 0.1) is 11.1 Å². The van der Waals surface area contributed by atoms with Crippen molar-refractivity contribution in [2.24, 2.45) is 0 Å². The molecule has 0 bridgehead atoms. The van der Waals surface area contributed by atoms with E-state index in [-0.39, 0.29) is 5.56 Å². The van der Waals surface area contributed by atoms with Gasteiger partial charge in [-0.05, 0) is 35.9 Å². The predicted octanol–water partition coefficient (Wildman–Crippen LogP) is 0.397. The molecule has 0 saturated carbocycles. The summed E-state index contributed by atoms with van der Waals surface area (Å²) in [5, 5.41) is 102. The van der Waals surface area contributed by atoms with E-state index in [1.807, 2.05) is 0 Å². The smallest absolute Gasteiger partial charge is 0.339 e. The molecular weight excluding hydrogens is 620 g/mol. The molecule has 17 nitrogen and oxygen atoms in total. The summed E-state index contributed by atoms with van der Waals surface area (Å²) in [5.41, 5.74) is -3.07. The molecule has 2 heterocycles. The van der Waals surface area contributed by atoms with Crippen molar-refractivity contribution in [2.45, 2.75) is 30.7 Å². The third kappa shape index (κ3) is 5.56. The summed E-state index contributed by atoms with van der Waals surface area (Å²) < 4.78 is 21.1. The number of rotatable bonds is 3. The second kappa shape index (κ2) is 11.9. The third-order valence-electron chi connectivity index (χ3n) is 7.10. The minimum atomic E-state index is -2.09. The Balaban J connectivity index is 1.51. The number of ether oxygens (including phenoxy) is 4. The molecule has 0 spiro atoms. The highest BCUT2D eigenvalue weighted by Crippen LogP contribution is 2.52. The number of aliphatic hydroxyl groups is 2. The third-order valence-corrected chi connectivity index (χ3v) is 7.10. The normalized spacial score (nSPS) is 22.9. The van der Waals surface area contributed by atoms with Crippen LogP contribution in [0.3, 0.4) is 0 Å². The molecule has 0 amide bonds. The first-order valence-electron chi connectivity index (χ1n) is 13.1. The molecular formula is C29H24O17. The van der Waals surface area contributed by atoms with Gasteiger partial charge in [0.1, 0.15) is 24.9 Å². The zero-order valence-electron chi connectivity index (χ0n) is 23.0. The van der Waals surface area contributed by atoms with Crippen molar-refractivity contribution in [1.82, 2.24) is 0 Å². The summed E-state index contributed by atoms with van der Waals surface area (Å²) in [7, 11) is 0. The van der Waals surface area contributed by atoms with E-state index < -0.39 is 123 Å². The number of aliphatic hydroxyl groups excluding tert-OH is 2. The monoisotopic (exact) mass is 644 g/mol. The molecule has 46 heavy (non-hydrogen) atoms. The Kier molecular flexibility index (Phi) is 8.14. The van der Waals surface area contributed by atoms with Crippen LogP contribution >= 0.6 is 0 Å². The van der Waals surface area contributed by atoms with Gasteiger partial charge in [-0.1, -0.05) is 6.07 Å². The van der Waals surface area contributed by atoms with E-state index in [0.717, 1.165) is 18.2 Å². The van der Waals surface area contributed by atoms with E-state index in [2.05, 4.69) is 0 Å². The molecule has 2 aliphatic heterocycles. The molecule has 0 radical (unpaired) electrons. The molecule has 1 unspecified atom stereocenters. The first kappa shape index (κ1) is 31.5. The lowest BCUT2D eigenvalue weighted by Crippen LogP contribution is -2.61. The molecule has 242 valence electrons. The van der Waals surface area contributed by atoms with Crippen LogP contribution in [0.5, 0.6) is 46.0 Å². The van der Waals surface area contributed by atoms with E-state index in [4.69, 9.17) is 18.9 Å². The fraction of sp³-hybridized carbons (Fsp3) is 0.207. The second-order valence-electron chi connectivity index (χ2n) is 10.0. The molecule has 3 aromatic carbocycles. The average molecular weight is 644 g/mol. The Hall–Kier alpha value is -5.91. The molecule has 5 rings (SSSR count). The van der Waals surface area contributed by atoms with Crippen molar-refractivity contribution in [3.05, 3.63) is 53.1 Å². The number of cyclic esters (lactones) is 1. The number of esters is 3. The highest BCUT2D eigenvalue weighted by atomic mass is 16.7. The van der Waals surface area contributed by atoms with Crippen LogP contribution in [0.25, 0.3) is 17.2 Å². The topological polar surface area (TPSA) is 290 Å². The van der Waals surface area contributed by atoms with Crippen LogP contribution in [-0.2, 0) is 23.7 Å². The summed E-state index contributed by atoms with van der Waals surface area (Å²) in [5.74, 6) is -12.0. The first-order chi connectivity index (χ1) is 21.7. The lowest BCUT2D eigenvalue weighted by molar-refractivity contribution is -0.290. The van der Waals surface area contributed by atoms with Gasteiger partial charge in [0.15, 0.2) is 40.6 Å². The second-order valence-corrected chi connectivity index (χ2v) is 10.0.